The van der Waals surface area contributed by atoms with Crippen LogP contribution in [0.1, 0.15) is 55.8 Å². The number of hydrogen-bond acceptors (Lipinski definition) is 3. The lowest BCUT2D eigenvalue weighted by atomic mass is 9.93. The molecule has 0 aliphatic carbocycles. The van der Waals surface area contributed by atoms with Crippen molar-refractivity contribution in [3.8, 4) is 11.3 Å². The number of benzene rings is 1. The fourth-order valence-corrected chi connectivity index (χ4v) is 6.21. The van der Waals surface area contributed by atoms with Crippen molar-refractivity contribution >= 4 is 13.3 Å². The van der Waals surface area contributed by atoms with Crippen LogP contribution < -0.4 is 0 Å². The van der Waals surface area contributed by atoms with Crippen LogP contribution >= 0.6 is 7.37 Å². The summed E-state index contributed by atoms with van der Waals surface area (Å²) in [6.45, 7) is 5.08. The third-order valence-corrected chi connectivity index (χ3v) is 7.79. The summed E-state index contributed by atoms with van der Waals surface area (Å²) in [5, 5.41) is 18.6. The van der Waals surface area contributed by atoms with Gasteiger partial charge in [-0.2, -0.15) is 0 Å². The van der Waals surface area contributed by atoms with E-state index in [-0.39, 0.29) is 17.9 Å². The quantitative estimate of drug-likeness (QED) is 0.491. The molecule has 3 N–H and O–H groups in total. The van der Waals surface area contributed by atoms with E-state index in [1.165, 1.54) is 23.4 Å². The van der Waals surface area contributed by atoms with Crippen LogP contribution in [0.5, 0.6) is 0 Å². The van der Waals surface area contributed by atoms with Crippen LogP contribution in [0.25, 0.3) is 11.3 Å². The Kier molecular flexibility index (Phi) is 7.40. The molecule has 8 heteroatoms. The number of aliphatic hydroxyl groups is 1. The first-order valence-corrected chi connectivity index (χ1v) is 12.8. The molecule has 1 aliphatic rings. The van der Waals surface area contributed by atoms with Gasteiger partial charge in [0.1, 0.15) is 5.82 Å². The van der Waals surface area contributed by atoms with Gasteiger partial charge in [0.25, 0.3) is 0 Å². The summed E-state index contributed by atoms with van der Waals surface area (Å²) in [6, 6.07) is 6.34. The van der Waals surface area contributed by atoms with Gasteiger partial charge < -0.3 is 19.7 Å². The van der Waals surface area contributed by atoms with Crippen molar-refractivity contribution in [2.24, 2.45) is 0 Å². The Morgan fingerprint density at radius 3 is 2.52 bits per heavy atom. The van der Waals surface area contributed by atoms with Gasteiger partial charge in [-0.15, -0.1) is 0 Å². The SMILES string of the molecule is CC(C)c1c(CCP(=O)(O)CC(O)CC(=O)O)c(-c2ccc(F)cc2)n2c1CCCC2. The zero-order valence-corrected chi connectivity index (χ0v) is 18.9. The van der Waals surface area contributed by atoms with Gasteiger partial charge in [-0.05, 0) is 72.6 Å². The van der Waals surface area contributed by atoms with Gasteiger partial charge in [-0.25, -0.2) is 4.39 Å². The summed E-state index contributed by atoms with van der Waals surface area (Å²) in [7, 11) is -3.73. The predicted molar refractivity (Wildman–Crippen MR) is 118 cm³/mol. The van der Waals surface area contributed by atoms with Gasteiger partial charge in [0.05, 0.1) is 24.4 Å². The molecule has 0 saturated carbocycles. The molecule has 1 aliphatic heterocycles. The monoisotopic (exact) mass is 451 g/mol. The third-order valence-electron chi connectivity index (χ3n) is 5.88. The largest absolute Gasteiger partial charge is 0.481 e. The lowest BCUT2D eigenvalue weighted by Gasteiger charge is -2.20. The second kappa shape index (κ2) is 9.68. The highest BCUT2D eigenvalue weighted by Crippen LogP contribution is 2.45. The van der Waals surface area contributed by atoms with E-state index in [1.54, 1.807) is 12.1 Å². The number of carboxylic acid groups (broad SMARTS) is 1. The van der Waals surface area contributed by atoms with Crippen molar-refractivity contribution in [1.82, 2.24) is 4.57 Å². The minimum absolute atomic E-state index is 0.0406. The highest BCUT2D eigenvalue weighted by molar-refractivity contribution is 7.58. The van der Waals surface area contributed by atoms with Gasteiger partial charge in [-0.1, -0.05) is 13.8 Å². The number of rotatable bonds is 9. The van der Waals surface area contributed by atoms with Crippen molar-refractivity contribution in [3.05, 3.63) is 46.9 Å². The maximum Gasteiger partial charge on any atom is 0.305 e. The fraction of sp³-hybridized carbons (Fsp3) is 0.522. The molecule has 0 radical (unpaired) electrons. The predicted octanol–water partition coefficient (Wildman–Crippen LogP) is 4.40. The Balaban J connectivity index is 1.98. The van der Waals surface area contributed by atoms with E-state index in [9.17, 15) is 23.7 Å². The van der Waals surface area contributed by atoms with Crippen LogP contribution in [-0.2, 0) is 28.7 Å². The molecule has 0 bridgehead atoms. The minimum Gasteiger partial charge on any atom is -0.481 e. The highest BCUT2D eigenvalue weighted by Gasteiger charge is 2.30. The molecule has 31 heavy (non-hydrogen) atoms. The van der Waals surface area contributed by atoms with Crippen molar-refractivity contribution in [2.75, 3.05) is 12.3 Å². The summed E-state index contributed by atoms with van der Waals surface area (Å²) in [5.74, 6) is -1.29. The zero-order valence-electron chi connectivity index (χ0n) is 18.1. The molecule has 2 atom stereocenters. The number of aliphatic hydroxyl groups excluding tert-OH is 1. The number of hydrogen-bond donors (Lipinski definition) is 3. The Bertz CT molecular complexity index is 983. The molecule has 170 valence electrons. The molecule has 3 rings (SSSR count). The van der Waals surface area contributed by atoms with Crippen LogP contribution in [0.3, 0.4) is 0 Å². The third kappa shape index (κ3) is 5.65. The Morgan fingerprint density at radius 2 is 1.90 bits per heavy atom. The average Bonchev–Trinajstić information content (AvgIpc) is 3.00. The molecular weight excluding hydrogens is 420 g/mol. The molecule has 6 nitrogen and oxygen atoms in total. The van der Waals surface area contributed by atoms with Gasteiger partial charge >= 0.3 is 5.97 Å². The number of aliphatic carboxylic acids is 1. The lowest BCUT2D eigenvalue weighted by Crippen LogP contribution is -2.18. The topological polar surface area (TPSA) is 99.8 Å². The van der Waals surface area contributed by atoms with Crippen molar-refractivity contribution in [2.45, 2.75) is 64.5 Å². The number of nitrogens with zero attached hydrogens (tertiary/aromatic N) is 1. The first kappa shape index (κ1) is 23.7. The second-order valence-electron chi connectivity index (χ2n) is 8.71. The van der Waals surface area contributed by atoms with Crippen molar-refractivity contribution < 1.29 is 28.9 Å². The summed E-state index contributed by atoms with van der Waals surface area (Å²) in [4.78, 5) is 21.2. The van der Waals surface area contributed by atoms with E-state index in [0.29, 0.717) is 6.42 Å². The van der Waals surface area contributed by atoms with E-state index in [1.807, 2.05) is 0 Å². The van der Waals surface area contributed by atoms with E-state index >= 15 is 0 Å². The van der Waals surface area contributed by atoms with Gasteiger partial charge in [0.2, 0.25) is 7.37 Å². The van der Waals surface area contributed by atoms with Crippen LogP contribution in [0.15, 0.2) is 24.3 Å². The summed E-state index contributed by atoms with van der Waals surface area (Å²) in [5.41, 5.74) is 5.29. The molecule has 1 aromatic heterocycles. The first-order chi connectivity index (χ1) is 14.6. The minimum atomic E-state index is -3.73. The van der Waals surface area contributed by atoms with Gasteiger partial charge in [0, 0.05) is 18.4 Å². The normalized spacial score (nSPS) is 16.7. The molecule has 0 saturated heterocycles. The van der Waals surface area contributed by atoms with Crippen LogP contribution in [0, 0.1) is 5.82 Å². The summed E-state index contributed by atoms with van der Waals surface area (Å²) in [6.07, 6.45) is 1.04. The molecule has 1 aromatic carbocycles. The molecule has 2 aromatic rings. The maximum absolute atomic E-state index is 13.5. The van der Waals surface area contributed by atoms with E-state index in [0.717, 1.165) is 42.6 Å². The molecule has 2 heterocycles. The number of halogens is 1. The fourth-order valence-electron chi connectivity index (χ4n) is 4.67. The highest BCUT2D eigenvalue weighted by atomic mass is 31.2. The molecule has 0 amide bonds. The molecular formula is C23H31FNO5P. The van der Waals surface area contributed by atoms with Crippen LogP contribution in [0.2, 0.25) is 0 Å². The molecule has 2 unspecified atom stereocenters. The zero-order chi connectivity index (χ0) is 22.8. The summed E-state index contributed by atoms with van der Waals surface area (Å²) < 4.78 is 28.6. The van der Waals surface area contributed by atoms with Crippen molar-refractivity contribution in [1.29, 1.82) is 0 Å². The van der Waals surface area contributed by atoms with Crippen LogP contribution in [-0.4, -0.2) is 44.1 Å². The molecule has 0 fully saturated rings. The van der Waals surface area contributed by atoms with Crippen LogP contribution in [0.4, 0.5) is 4.39 Å². The second-order valence-corrected chi connectivity index (χ2v) is 11.2. The maximum atomic E-state index is 13.5. The number of carbonyl (C=O) groups is 1. The Morgan fingerprint density at radius 1 is 1.23 bits per heavy atom. The van der Waals surface area contributed by atoms with Crippen molar-refractivity contribution in [3.63, 3.8) is 0 Å². The first-order valence-electron chi connectivity index (χ1n) is 10.8. The Hall–Kier alpha value is -1.95. The summed E-state index contributed by atoms with van der Waals surface area (Å²) >= 11 is 0. The van der Waals surface area contributed by atoms with Gasteiger partial charge in [-0.3, -0.25) is 9.36 Å². The number of aromatic nitrogens is 1. The molecule has 0 spiro atoms. The number of fused-ring (bicyclic) bond motifs is 1. The van der Waals surface area contributed by atoms with E-state index in [4.69, 9.17) is 5.11 Å². The van der Waals surface area contributed by atoms with Gasteiger partial charge in [0.15, 0.2) is 0 Å². The smallest absolute Gasteiger partial charge is 0.305 e. The average molecular weight is 451 g/mol. The Labute approximate surface area is 182 Å². The number of carboxylic acids is 1. The lowest BCUT2D eigenvalue weighted by molar-refractivity contribution is -0.138. The van der Waals surface area contributed by atoms with E-state index in [2.05, 4.69) is 18.4 Å². The van der Waals surface area contributed by atoms with E-state index < -0.39 is 32.0 Å². The standard InChI is InChI=1S/C23H31FNO5P/c1-15(2)22-19(10-12-31(29,30)14-18(26)13-21(27)28)23(16-6-8-17(24)9-7-16)25-11-4-3-5-20(22)25/h6-9,15,18,26H,3-5,10-14H2,1-2H3,(H,27,28)(H,29,30).